The largest absolute Gasteiger partial charge is 0.573 e. The number of alkyl halides is 3. The molecule has 10 heteroatoms. The van der Waals surface area contributed by atoms with E-state index < -0.39 is 23.8 Å². The summed E-state index contributed by atoms with van der Waals surface area (Å²) in [5, 5.41) is 9.22. The van der Waals surface area contributed by atoms with Crippen LogP contribution in [-0.2, 0) is 6.54 Å². The Bertz CT molecular complexity index is 1020. The van der Waals surface area contributed by atoms with E-state index in [1.54, 1.807) is 6.07 Å². The maximum Gasteiger partial charge on any atom is 0.573 e. The summed E-state index contributed by atoms with van der Waals surface area (Å²) in [6.07, 6.45) is -4.92. The van der Waals surface area contributed by atoms with Gasteiger partial charge >= 0.3 is 6.36 Å². The number of aromatic amines is 1. The highest BCUT2D eigenvalue weighted by molar-refractivity contribution is 5.96. The van der Waals surface area contributed by atoms with Gasteiger partial charge in [0.25, 0.3) is 5.91 Å². The summed E-state index contributed by atoms with van der Waals surface area (Å²) < 4.78 is 60.0. The van der Waals surface area contributed by atoms with Crippen molar-refractivity contribution in [3.05, 3.63) is 65.6 Å². The molecule has 6 nitrogen and oxygen atoms in total. The van der Waals surface area contributed by atoms with E-state index >= 15 is 0 Å². The number of aromatic nitrogens is 2. The Hall–Kier alpha value is -3.56. The van der Waals surface area contributed by atoms with Crippen LogP contribution in [0.25, 0.3) is 11.3 Å². The van der Waals surface area contributed by atoms with Crippen LogP contribution in [0.15, 0.2) is 48.5 Å². The van der Waals surface area contributed by atoms with Crippen LogP contribution in [0.1, 0.15) is 29.9 Å². The fourth-order valence-corrected chi connectivity index (χ4v) is 2.61. The normalized spacial score (nSPS) is 10.7. The topological polar surface area (TPSA) is 76.2 Å². The van der Waals surface area contributed by atoms with E-state index in [1.807, 2.05) is 13.8 Å². The summed E-state index contributed by atoms with van der Waals surface area (Å²) in [4.78, 5) is 12.3. The number of para-hydroxylation sites is 1. The number of hydrogen-bond acceptors (Lipinski definition) is 4. The number of rotatable bonds is 6. The van der Waals surface area contributed by atoms with Gasteiger partial charge in [-0.1, -0.05) is 26.0 Å². The summed E-state index contributed by atoms with van der Waals surface area (Å²) >= 11 is 0. The molecule has 1 heterocycles. The van der Waals surface area contributed by atoms with Gasteiger partial charge in [-0.15, -0.1) is 13.2 Å². The molecule has 0 atom stereocenters. The third kappa shape index (κ3) is 6.46. The number of amides is 1. The summed E-state index contributed by atoms with van der Waals surface area (Å²) in [6.45, 7) is 3.95. The Balaban J connectivity index is 0.00000166. The van der Waals surface area contributed by atoms with Gasteiger partial charge in [0, 0.05) is 5.56 Å². The molecule has 0 aliphatic carbocycles. The molecule has 0 aliphatic heterocycles. The van der Waals surface area contributed by atoms with E-state index in [0.29, 0.717) is 22.7 Å². The standard InChI is InChI=1S/C19H15F4N3O3.C2H6/c1-28-16-7-6-11(20)8-14(16)15-9-12(25-26-15)10-24-18(27)13-4-2-3-5-17(13)29-19(21,22)23;1-2/h2-9H,10H2,1H3,(H,24,27)(H,25,26);1-2H3. The van der Waals surface area contributed by atoms with Gasteiger partial charge in [0.15, 0.2) is 0 Å². The second-order valence-electron chi connectivity index (χ2n) is 5.85. The van der Waals surface area contributed by atoms with Gasteiger partial charge in [-0.25, -0.2) is 4.39 Å². The molecule has 166 valence electrons. The quantitative estimate of drug-likeness (QED) is 0.526. The molecule has 3 aromatic rings. The average molecular weight is 439 g/mol. The first kappa shape index (κ1) is 23.7. The summed E-state index contributed by atoms with van der Waals surface area (Å²) in [5.41, 5.74) is 0.974. The van der Waals surface area contributed by atoms with Crippen LogP contribution >= 0.6 is 0 Å². The van der Waals surface area contributed by atoms with Gasteiger partial charge in [0.05, 0.1) is 30.6 Å². The van der Waals surface area contributed by atoms with Crippen molar-refractivity contribution in [2.75, 3.05) is 7.11 Å². The number of nitrogens with one attached hydrogen (secondary N) is 2. The Labute approximate surface area is 176 Å². The maximum absolute atomic E-state index is 13.5. The SMILES string of the molecule is CC.COc1ccc(F)cc1-c1cc(CNC(=O)c2ccccc2OC(F)(F)F)[nH]n1. The molecule has 1 amide bonds. The first-order valence-corrected chi connectivity index (χ1v) is 9.28. The summed E-state index contributed by atoms with van der Waals surface area (Å²) in [5.74, 6) is -1.43. The predicted octanol–water partition coefficient (Wildman–Crippen LogP) is 5.08. The van der Waals surface area contributed by atoms with Crippen LogP contribution in [-0.4, -0.2) is 29.6 Å². The van der Waals surface area contributed by atoms with Crippen molar-refractivity contribution in [3.63, 3.8) is 0 Å². The van der Waals surface area contributed by atoms with Gasteiger partial charge in [0.1, 0.15) is 17.3 Å². The highest BCUT2D eigenvalue weighted by atomic mass is 19.4. The van der Waals surface area contributed by atoms with Crippen molar-refractivity contribution in [3.8, 4) is 22.8 Å². The van der Waals surface area contributed by atoms with Crippen LogP contribution < -0.4 is 14.8 Å². The maximum atomic E-state index is 13.5. The van der Waals surface area contributed by atoms with E-state index in [-0.39, 0.29) is 12.1 Å². The average Bonchev–Trinajstić information content (AvgIpc) is 3.21. The lowest BCUT2D eigenvalue weighted by Gasteiger charge is -2.12. The van der Waals surface area contributed by atoms with Crippen LogP contribution in [0.2, 0.25) is 0 Å². The molecule has 0 spiro atoms. The molecule has 0 fully saturated rings. The molecule has 0 saturated carbocycles. The first-order chi connectivity index (χ1) is 14.8. The molecule has 0 unspecified atom stereocenters. The van der Waals surface area contributed by atoms with E-state index in [0.717, 1.165) is 6.07 Å². The van der Waals surface area contributed by atoms with E-state index in [2.05, 4.69) is 20.3 Å². The lowest BCUT2D eigenvalue weighted by molar-refractivity contribution is -0.274. The fourth-order valence-electron chi connectivity index (χ4n) is 2.61. The lowest BCUT2D eigenvalue weighted by atomic mass is 10.1. The fraction of sp³-hybridized carbons (Fsp3) is 0.238. The van der Waals surface area contributed by atoms with E-state index in [9.17, 15) is 22.4 Å². The van der Waals surface area contributed by atoms with Gasteiger partial charge in [0.2, 0.25) is 0 Å². The highest BCUT2D eigenvalue weighted by Gasteiger charge is 2.32. The van der Waals surface area contributed by atoms with E-state index in [1.165, 1.54) is 43.5 Å². The first-order valence-electron chi connectivity index (χ1n) is 9.28. The van der Waals surface area contributed by atoms with Gasteiger partial charge in [-0.05, 0) is 36.4 Å². The van der Waals surface area contributed by atoms with Crippen molar-refractivity contribution in [2.45, 2.75) is 26.8 Å². The molecule has 1 aromatic heterocycles. The predicted molar refractivity (Wildman–Crippen MR) is 106 cm³/mol. The van der Waals surface area contributed by atoms with Crippen LogP contribution in [0, 0.1) is 5.82 Å². The molecular formula is C21H21F4N3O3. The monoisotopic (exact) mass is 439 g/mol. The zero-order valence-corrected chi connectivity index (χ0v) is 17.0. The van der Waals surface area contributed by atoms with Crippen molar-refractivity contribution in [2.24, 2.45) is 0 Å². The van der Waals surface area contributed by atoms with Crippen molar-refractivity contribution >= 4 is 5.91 Å². The second kappa shape index (κ2) is 10.5. The molecule has 2 aromatic carbocycles. The van der Waals surface area contributed by atoms with Crippen molar-refractivity contribution in [1.82, 2.24) is 15.5 Å². The Morgan fingerprint density at radius 1 is 1.10 bits per heavy atom. The van der Waals surface area contributed by atoms with Crippen LogP contribution in [0.5, 0.6) is 11.5 Å². The van der Waals surface area contributed by atoms with Gasteiger partial charge in [-0.3, -0.25) is 9.89 Å². The number of methoxy groups -OCH3 is 1. The number of hydrogen-bond donors (Lipinski definition) is 2. The summed E-state index contributed by atoms with van der Waals surface area (Å²) in [6, 6.07) is 10.5. The smallest absolute Gasteiger partial charge is 0.496 e. The zero-order valence-electron chi connectivity index (χ0n) is 17.0. The number of benzene rings is 2. The molecule has 31 heavy (non-hydrogen) atoms. The minimum atomic E-state index is -4.92. The van der Waals surface area contributed by atoms with Crippen molar-refractivity contribution in [1.29, 1.82) is 0 Å². The molecule has 0 saturated heterocycles. The minimum absolute atomic E-state index is 0.0518. The van der Waals surface area contributed by atoms with E-state index in [4.69, 9.17) is 4.74 Å². The Kier molecular flexibility index (Phi) is 8.00. The second-order valence-corrected chi connectivity index (χ2v) is 5.85. The molecule has 2 N–H and O–H groups in total. The number of carbonyl (C=O) groups is 1. The number of halogens is 4. The third-order valence-electron chi connectivity index (χ3n) is 3.87. The summed E-state index contributed by atoms with van der Waals surface area (Å²) in [7, 11) is 1.44. The van der Waals surface area contributed by atoms with Crippen LogP contribution in [0.3, 0.4) is 0 Å². The third-order valence-corrected chi connectivity index (χ3v) is 3.87. The zero-order chi connectivity index (χ0) is 23.0. The molecule has 0 aliphatic rings. The molecule has 0 bridgehead atoms. The number of carbonyl (C=O) groups excluding carboxylic acids is 1. The number of nitrogens with zero attached hydrogens (tertiary/aromatic N) is 1. The van der Waals surface area contributed by atoms with Crippen molar-refractivity contribution < 1.29 is 31.8 Å². The molecule has 0 radical (unpaired) electrons. The Morgan fingerprint density at radius 3 is 2.48 bits per heavy atom. The number of H-pyrrole nitrogens is 1. The van der Waals surface area contributed by atoms with Gasteiger partial charge < -0.3 is 14.8 Å². The number of ether oxygens (including phenoxy) is 2. The molecule has 3 rings (SSSR count). The van der Waals surface area contributed by atoms with Crippen LogP contribution in [0.4, 0.5) is 17.6 Å². The lowest BCUT2D eigenvalue weighted by Crippen LogP contribution is -2.25. The minimum Gasteiger partial charge on any atom is -0.496 e. The Morgan fingerprint density at radius 2 is 1.81 bits per heavy atom. The highest BCUT2D eigenvalue weighted by Crippen LogP contribution is 2.30. The van der Waals surface area contributed by atoms with Gasteiger partial charge in [-0.2, -0.15) is 5.10 Å². The molecular weight excluding hydrogens is 418 g/mol.